The summed E-state index contributed by atoms with van der Waals surface area (Å²) in [5, 5.41) is 0. The second-order valence-corrected chi connectivity index (χ2v) is 8.27. The summed E-state index contributed by atoms with van der Waals surface area (Å²) >= 11 is 0. The van der Waals surface area contributed by atoms with Gasteiger partial charge in [-0.15, -0.1) is 0 Å². The topological polar surface area (TPSA) is 63.6 Å². The van der Waals surface area contributed by atoms with E-state index >= 15 is 0 Å². The predicted octanol–water partition coefficient (Wildman–Crippen LogP) is 4.54. The van der Waals surface area contributed by atoms with E-state index in [2.05, 4.69) is 33.9 Å². The monoisotopic (exact) mass is 482 g/mol. The molecule has 0 fully saturated rings. The molecule has 4 rings (SSSR count). The molecule has 3 aromatic rings. The fourth-order valence-corrected chi connectivity index (χ4v) is 5.01. The zero-order valence-corrected chi connectivity index (χ0v) is 21.3. The molecule has 0 bridgehead atoms. The van der Waals surface area contributed by atoms with Crippen LogP contribution in [0.2, 0.25) is 0 Å². The van der Waals surface area contributed by atoms with E-state index in [1.165, 1.54) is 5.69 Å². The van der Waals surface area contributed by atoms with E-state index in [4.69, 9.17) is 28.4 Å². The van der Waals surface area contributed by atoms with Crippen LogP contribution in [0.3, 0.4) is 0 Å². The Morgan fingerprint density at radius 2 is 1.31 bits per heavy atom. The Morgan fingerprint density at radius 3 is 1.94 bits per heavy atom. The number of hydrogen-bond donors (Lipinski definition) is 0. The van der Waals surface area contributed by atoms with Crippen molar-refractivity contribution in [1.82, 2.24) is 9.47 Å². The molecule has 0 radical (unpaired) electrons. The Labute approximate surface area is 206 Å². The van der Waals surface area contributed by atoms with E-state index in [1.54, 1.807) is 42.7 Å². The smallest absolute Gasteiger partial charge is 0.203 e. The van der Waals surface area contributed by atoms with E-state index in [1.807, 2.05) is 18.2 Å². The summed E-state index contributed by atoms with van der Waals surface area (Å²) in [5.41, 5.74) is 3.20. The van der Waals surface area contributed by atoms with E-state index in [0.29, 0.717) is 41.0 Å². The number of hydrogen-bond acceptors (Lipinski definition) is 7. The first-order chi connectivity index (χ1) is 17.1. The van der Waals surface area contributed by atoms with Crippen LogP contribution in [0.5, 0.6) is 34.5 Å². The molecule has 8 heteroatoms. The third kappa shape index (κ3) is 4.46. The van der Waals surface area contributed by atoms with Crippen molar-refractivity contribution >= 4 is 0 Å². The van der Waals surface area contributed by atoms with Gasteiger partial charge in [0.15, 0.2) is 23.0 Å². The fourth-order valence-electron chi connectivity index (χ4n) is 5.01. The summed E-state index contributed by atoms with van der Waals surface area (Å²) in [7, 11) is 9.83. The number of aryl methyl sites for hydroxylation is 1. The standard InChI is InChI=1S/C27H34N2O6/c1-30-21-12-10-18(24(32-3)26(21)34-5)17-29-16-8-15-28-14-7-9-20(28)23(29)19-11-13-22(31-2)27(35-6)25(19)33-4/h7,9-14,23H,8,15-17H2,1-6H3. The summed E-state index contributed by atoms with van der Waals surface area (Å²) in [5.74, 6) is 3.77. The minimum absolute atomic E-state index is 0.0833. The van der Waals surface area contributed by atoms with E-state index in [-0.39, 0.29) is 6.04 Å². The van der Waals surface area contributed by atoms with Gasteiger partial charge in [-0.05, 0) is 36.8 Å². The van der Waals surface area contributed by atoms with Crippen LogP contribution in [0.25, 0.3) is 0 Å². The van der Waals surface area contributed by atoms with Gasteiger partial charge in [0.1, 0.15) is 0 Å². The SMILES string of the molecule is COc1ccc(CN2CCCn3cccc3C2c2ccc(OC)c(OC)c2OC)c(OC)c1OC. The Morgan fingerprint density at radius 1 is 0.686 bits per heavy atom. The minimum Gasteiger partial charge on any atom is -0.493 e. The molecule has 2 aromatic carbocycles. The summed E-state index contributed by atoms with van der Waals surface area (Å²) in [6, 6.07) is 12.1. The lowest BCUT2D eigenvalue weighted by molar-refractivity contribution is 0.210. The molecule has 2 heterocycles. The van der Waals surface area contributed by atoms with Gasteiger partial charge in [-0.1, -0.05) is 6.07 Å². The van der Waals surface area contributed by atoms with Crippen LogP contribution >= 0.6 is 0 Å². The van der Waals surface area contributed by atoms with Gasteiger partial charge >= 0.3 is 0 Å². The highest BCUT2D eigenvalue weighted by Crippen LogP contribution is 2.47. The Bertz CT molecular complexity index is 1160. The second-order valence-electron chi connectivity index (χ2n) is 8.27. The van der Waals surface area contributed by atoms with Crippen molar-refractivity contribution < 1.29 is 28.4 Å². The highest BCUT2D eigenvalue weighted by atomic mass is 16.5. The number of nitrogens with zero attached hydrogens (tertiary/aromatic N) is 2. The van der Waals surface area contributed by atoms with Crippen LogP contribution in [-0.4, -0.2) is 58.7 Å². The number of aromatic nitrogens is 1. The molecule has 1 aromatic heterocycles. The predicted molar refractivity (Wildman–Crippen MR) is 133 cm³/mol. The summed E-state index contributed by atoms with van der Waals surface area (Å²) in [6.07, 6.45) is 3.14. The van der Waals surface area contributed by atoms with Gasteiger partial charge in [-0.2, -0.15) is 0 Å². The van der Waals surface area contributed by atoms with Crippen molar-refractivity contribution in [1.29, 1.82) is 0 Å². The first kappa shape index (κ1) is 24.6. The van der Waals surface area contributed by atoms with Crippen LogP contribution in [-0.2, 0) is 13.1 Å². The third-order valence-corrected chi connectivity index (χ3v) is 6.54. The van der Waals surface area contributed by atoms with Gasteiger partial charge in [-0.3, -0.25) is 4.90 Å². The molecule has 0 saturated heterocycles. The summed E-state index contributed by atoms with van der Waals surface area (Å²) in [4.78, 5) is 2.44. The number of benzene rings is 2. The molecule has 188 valence electrons. The molecule has 1 aliphatic heterocycles. The quantitative estimate of drug-likeness (QED) is 0.444. The lowest BCUT2D eigenvalue weighted by atomic mass is 9.98. The van der Waals surface area contributed by atoms with Crippen molar-refractivity contribution in [2.45, 2.75) is 25.6 Å². The Balaban J connectivity index is 1.86. The molecule has 0 spiro atoms. The van der Waals surface area contributed by atoms with Gasteiger partial charge in [0.05, 0.1) is 48.7 Å². The van der Waals surface area contributed by atoms with Crippen molar-refractivity contribution in [2.24, 2.45) is 0 Å². The van der Waals surface area contributed by atoms with E-state index in [9.17, 15) is 0 Å². The van der Waals surface area contributed by atoms with Crippen LogP contribution in [0, 0.1) is 0 Å². The van der Waals surface area contributed by atoms with Crippen molar-refractivity contribution in [3.05, 3.63) is 59.4 Å². The number of rotatable bonds is 9. The van der Waals surface area contributed by atoms with Crippen LogP contribution in [0.15, 0.2) is 42.6 Å². The third-order valence-electron chi connectivity index (χ3n) is 6.54. The van der Waals surface area contributed by atoms with Crippen LogP contribution in [0.4, 0.5) is 0 Å². The Kier molecular flexibility index (Phi) is 7.60. The minimum atomic E-state index is -0.0833. The molecule has 0 amide bonds. The normalized spacial score (nSPS) is 15.7. The molecule has 0 N–H and O–H groups in total. The van der Waals surface area contributed by atoms with Crippen molar-refractivity contribution in [3.8, 4) is 34.5 Å². The molecule has 1 unspecified atom stereocenters. The van der Waals surface area contributed by atoms with E-state index < -0.39 is 0 Å². The maximum absolute atomic E-state index is 5.90. The summed E-state index contributed by atoms with van der Waals surface area (Å²) in [6.45, 7) is 2.45. The zero-order chi connectivity index (χ0) is 24.9. The molecular formula is C27H34N2O6. The largest absolute Gasteiger partial charge is 0.493 e. The molecule has 0 saturated carbocycles. The van der Waals surface area contributed by atoms with Gasteiger partial charge < -0.3 is 33.0 Å². The maximum atomic E-state index is 5.90. The molecule has 0 aliphatic carbocycles. The van der Waals surface area contributed by atoms with E-state index in [0.717, 1.165) is 30.6 Å². The van der Waals surface area contributed by atoms with Gasteiger partial charge in [0, 0.05) is 42.7 Å². The number of methoxy groups -OCH3 is 6. The molecule has 8 nitrogen and oxygen atoms in total. The second kappa shape index (κ2) is 10.8. The Hall–Kier alpha value is -3.52. The summed E-state index contributed by atoms with van der Waals surface area (Å²) < 4.78 is 36.4. The zero-order valence-electron chi connectivity index (χ0n) is 21.3. The molecule has 1 aliphatic rings. The average molecular weight is 483 g/mol. The first-order valence-electron chi connectivity index (χ1n) is 11.6. The lowest BCUT2D eigenvalue weighted by Crippen LogP contribution is -2.30. The highest BCUT2D eigenvalue weighted by Gasteiger charge is 2.33. The van der Waals surface area contributed by atoms with Crippen LogP contribution in [0.1, 0.15) is 29.3 Å². The highest BCUT2D eigenvalue weighted by molar-refractivity contribution is 5.58. The number of ether oxygens (including phenoxy) is 6. The molecule has 1 atom stereocenters. The van der Waals surface area contributed by atoms with Gasteiger partial charge in [0.2, 0.25) is 11.5 Å². The first-order valence-corrected chi connectivity index (χ1v) is 11.6. The van der Waals surface area contributed by atoms with Crippen molar-refractivity contribution in [2.75, 3.05) is 49.2 Å². The van der Waals surface area contributed by atoms with Gasteiger partial charge in [-0.25, -0.2) is 0 Å². The lowest BCUT2D eigenvalue weighted by Gasteiger charge is -2.32. The average Bonchev–Trinajstić information content (AvgIpc) is 3.28. The van der Waals surface area contributed by atoms with Gasteiger partial charge in [0.25, 0.3) is 0 Å². The molecular weight excluding hydrogens is 448 g/mol. The fraction of sp³-hybridized carbons (Fsp3) is 0.407. The van der Waals surface area contributed by atoms with Crippen molar-refractivity contribution in [3.63, 3.8) is 0 Å². The molecule has 35 heavy (non-hydrogen) atoms. The van der Waals surface area contributed by atoms with Crippen LogP contribution < -0.4 is 28.4 Å². The maximum Gasteiger partial charge on any atom is 0.203 e. The number of fused-ring (bicyclic) bond motifs is 1.